The van der Waals surface area contributed by atoms with Crippen LogP contribution in [0.15, 0.2) is 18.3 Å². The Morgan fingerprint density at radius 1 is 1.41 bits per heavy atom. The predicted octanol–water partition coefficient (Wildman–Crippen LogP) is 2.21. The van der Waals surface area contributed by atoms with Crippen molar-refractivity contribution >= 4 is 5.97 Å². The van der Waals surface area contributed by atoms with E-state index in [2.05, 4.69) is 4.98 Å². The van der Waals surface area contributed by atoms with E-state index in [9.17, 15) is 18.0 Å². The molecule has 0 saturated carbocycles. The van der Waals surface area contributed by atoms with Gasteiger partial charge in [0.05, 0.1) is 12.5 Å². The van der Waals surface area contributed by atoms with Crippen LogP contribution >= 0.6 is 0 Å². The molecule has 1 saturated heterocycles. The maximum absolute atomic E-state index is 12.2. The van der Waals surface area contributed by atoms with Crippen LogP contribution in [0.5, 0.6) is 0 Å². The summed E-state index contributed by atoms with van der Waals surface area (Å²) in [6, 6.07) is 2.27. The molecule has 0 bridgehead atoms. The van der Waals surface area contributed by atoms with Crippen molar-refractivity contribution in [2.24, 2.45) is 5.92 Å². The second-order valence-corrected chi connectivity index (χ2v) is 3.91. The SMILES string of the molecule is O=C1OCCC1Cc1ccc(C(F)(F)F)nc1. The average molecular weight is 245 g/mol. The molecule has 17 heavy (non-hydrogen) atoms. The van der Waals surface area contributed by atoms with Gasteiger partial charge in [0.2, 0.25) is 0 Å². The van der Waals surface area contributed by atoms with Gasteiger partial charge in [-0.05, 0) is 24.5 Å². The lowest BCUT2D eigenvalue weighted by Crippen LogP contribution is -2.12. The molecule has 0 amide bonds. The molecule has 1 aromatic rings. The number of carbonyl (C=O) groups is 1. The Bertz CT molecular complexity index is 414. The summed E-state index contributed by atoms with van der Waals surface area (Å²) >= 11 is 0. The van der Waals surface area contributed by atoms with E-state index in [0.29, 0.717) is 25.0 Å². The Balaban J connectivity index is 2.06. The van der Waals surface area contributed by atoms with Gasteiger partial charge in [-0.3, -0.25) is 9.78 Å². The van der Waals surface area contributed by atoms with Crippen molar-refractivity contribution < 1.29 is 22.7 Å². The normalized spacial score (nSPS) is 20.4. The molecule has 92 valence electrons. The molecule has 0 aliphatic carbocycles. The topological polar surface area (TPSA) is 39.2 Å². The van der Waals surface area contributed by atoms with E-state index in [0.717, 1.165) is 12.3 Å². The third-order valence-electron chi connectivity index (χ3n) is 2.64. The molecule has 1 fully saturated rings. The van der Waals surface area contributed by atoms with Gasteiger partial charge in [-0.2, -0.15) is 13.2 Å². The lowest BCUT2D eigenvalue weighted by atomic mass is 9.99. The van der Waals surface area contributed by atoms with Crippen molar-refractivity contribution in [3.8, 4) is 0 Å². The highest BCUT2D eigenvalue weighted by Gasteiger charge is 2.32. The molecule has 2 heterocycles. The smallest absolute Gasteiger partial charge is 0.433 e. The van der Waals surface area contributed by atoms with Gasteiger partial charge in [0.15, 0.2) is 0 Å². The van der Waals surface area contributed by atoms with E-state index in [1.165, 1.54) is 6.07 Å². The number of alkyl halides is 3. The van der Waals surface area contributed by atoms with E-state index < -0.39 is 11.9 Å². The predicted molar refractivity (Wildman–Crippen MR) is 52.0 cm³/mol. The number of pyridine rings is 1. The van der Waals surface area contributed by atoms with Gasteiger partial charge in [0.25, 0.3) is 0 Å². The highest BCUT2D eigenvalue weighted by atomic mass is 19.4. The number of carbonyl (C=O) groups excluding carboxylic acids is 1. The molecule has 0 spiro atoms. The molecule has 2 rings (SSSR count). The monoisotopic (exact) mass is 245 g/mol. The fourth-order valence-corrected chi connectivity index (χ4v) is 1.72. The maximum atomic E-state index is 12.2. The van der Waals surface area contributed by atoms with Crippen molar-refractivity contribution in [1.82, 2.24) is 4.98 Å². The molecule has 1 aromatic heterocycles. The van der Waals surface area contributed by atoms with Gasteiger partial charge in [-0.25, -0.2) is 0 Å². The van der Waals surface area contributed by atoms with E-state index in [4.69, 9.17) is 4.74 Å². The highest BCUT2D eigenvalue weighted by Crippen LogP contribution is 2.28. The molecule has 1 atom stereocenters. The van der Waals surface area contributed by atoms with Gasteiger partial charge in [0, 0.05) is 6.20 Å². The number of ether oxygens (including phenoxy) is 1. The quantitative estimate of drug-likeness (QED) is 0.750. The number of hydrogen-bond donors (Lipinski definition) is 0. The van der Waals surface area contributed by atoms with Gasteiger partial charge < -0.3 is 4.74 Å². The Morgan fingerprint density at radius 2 is 2.18 bits per heavy atom. The lowest BCUT2D eigenvalue weighted by molar-refractivity contribution is -0.142. The zero-order valence-electron chi connectivity index (χ0n) is 8.83. The van der Waals surface area contributed by atoms with Gasteiger partial charge in [0.1, 0.15) is 5.69 Å². The Labute approximate surface area is 95.6 Å². The van der Waals surface area contributed by atoms with Gasteiger partial charge in [-0.15, -0.1) is 0 Å². The molecule has 3 nitrogen and oxygen atoms in total. The van der Waals surface area contributed by atoms with Crippen LogP contribution < -0.4 is 0 Å². The Kier molecular flexibility index (Phi) is 3.04. The Morgan fingerprint density at radius 3 is 2.65 bits per heavy atom. The average Bonchev–Trinajstić information content (AvgIpc) is 2.64. The van der Waals surface area contributed by atoms with Crippen molar-refractivity contribution in [1.29, 1.82) is 0 Å². The lowest BCUT2D eigenvalue weighted by Gasteiger charge is -2.08. The van der Waals surface area contributed by atoms with Crippen LogP contribution in [0, 0.1) is 5.92 Å². The van der Waals surface area contributed by atoms with E-state index in [-0.39, 0.29) is 11.9 Å². The van der Waals surface area contributed by atoms with Crippen molar-refractivity contribution in [2.45, 2.75) is 19.0 Å². The molecule has 6 heteroatoms. The third kappa shape index (κ3) is 2.75. The molecule has 0 aromatic carbocycles. The van der Waals surface area contributed by atoms with Crippen LogP contribution in [0.3, 0.4) is 0 Å². The van der Waals surface area contributed by atoms with E-state index in [1.807, 2.05) is 0 Å². The first kappa shape index (κ1) is 11.9. The number of rotatable bonds is 2. The van der Waals surface area contributed by atoms with E-state index in [1.54, 1.807) is 0 Å². The number of halogens is 3. The first-order chi connectivity index (χ1) is 7.97. The fourth-order valence-electron chi connectivity index (χ4n) is 1.72. The van der Waals surface area contributed by atoms with Crippen LogP contribution in [-0.2, 0) is 22.1 Å². The molecule has 1 aliphatic rings. The zero-order valence-corrected chi connectivity index (χ0v) is 8.83. The van der Waals surface area contributed by atoms with Crippen LogP contribution in [0.1, 0.15) is 17.7 Å². The largest absolute Gasteiger partial charge is 0.465 e. The van der Waals surface area contributed by atoms with Crippen LogP contribution in [0.25, 0.3) is 0 Å². The zero-order chi connectivity index (χ0) is 12.5. The summed E-state index contributed by atoms with van der Waals surface area (Å²) in [6.07, 6.45) is -2.27. The number of aromatic nitrogens is 1. The number of esters is 1. The van der Waals surface area contributed by atoms with Crippen molar-refractivity contribution in [3.63, 3.8) is 0 Å². The molecule has 1 aliphatic heterocycles. The summed E-state index contributed by atoms with van der Waals surface area (Å²) in [4.78, 5) is 14.5. The highest BCUT2D eigenvalue weighted by molar-refractivity contribution is 5.74. The molecular formula is C11H10F3NO2. The van der Waals surface area contributed by atoms with Crippen LogP contribution in [0.4, 0.5) is 13.2 Å². The summed E-state index contributed by atoms with van der Waals surface area (Å²) < 4.78 is 41.5. The second kappa shape index (κ2) is 4.35. The van der Waals surface area contributed by atoms with Crippen molar-refractivity contribution in [3.05, 3.63) is 29.6 Å². The number of cyclic esters (lactones) is 1. The minimum absolute atomic E-state index is 0.256. The minimum atomic E-state index is -4.43. The number of hydrogen-bond acceptors (Lipinski definition) is 3. The summed E-state index contributed by atoms with van der Waals surface area (Å²) in [5.74, 6) is -0.543. The first-order valence-corrected chi connectivity index (χ1v) is 5.15. The summed E-state index contributed by atoms with van der Waals surface area (Å²) in [5.41, 5.74) is -0.308. The maximum Gasteiger partial charge on any atom is 0.433 e. The van der Waals surface area contributed by atoms with Gasteiger partial charge in [-0.1, -0.05) is 6.07 Å². The third-order valence-corrected chi connectivity index (χ3v) is 2.64. The molecular weight excluding hydrogens is 235 g/mol. The van der Waals surface area contributed by atoms with Crippen LogP contribution in [0.2, 0.25) is 0 Å². The first-order valence-electron chi connectivity index (χ1n) is 5.15. The summed E-state index contributed by atoms with van der Waals surface area (Å²) in [7, 11) is 0. The Hall–Kier alpha value is -1.59. The minimum Gasteiger partial charge on any atom is -0.465 e. The van der Waals surface area contributed by atoms with Crippen LogP contribution in [-0.4, -0.2) is 17.6 Å². The van der Waals surface area contributed by atoms with Crippen molar-refractivity contribution in [2.75, 3.05) is 6.61 Å². The molecule has 1 unspecified atom stereocenters. The summed E-state index contributed by atoms with van der Waals surface area (Å²) in [6.45, 7) is 0.386. The van der Waals surface area contributed by atoms with Gasteiger partial charge >= 0.3 is 12.1 Å². The number of nitrogens with zero attached hydrogens (tertiary/aromatic N) is 1. The standard InChI is InChI=1S/C11H10F3NO2/c12-11(13,14)9-2-1-7(6-15-9)5-8-3-4-17-10(8)16/h1-2,6,8H,3-5H2. The second-order valence-electron chi connectivity index (χ2n) is 3.91. The summed E-state index contributed by atoms with van der Waals surface area (Å²) in [5, 5.41) is 0. The fraction of sp³-hybridized carbons (Fsp3) is 0.455. The van der Waals surface area contributed by atoms with E-state index >= 15 is 0 Å². The molecule has 0 N–H and O–H groups in total. The molecule has 0 radical (unpaired) electrons.